The third-order valence-electron chi connectivity index (χ3n) is 3.36. The first-order valence-corrected chi connectivity index (χ1v) is 6.26. The molecule has 0 bridgehead atoms. The highest BCUT2D eigenvalue weighted by molar-refractivity contribution is 5.99. The molecule has 0 aliphatic rings. The molecule has 1 aromatic heterocycles. The maximum atomic E-state index is 11.2. The zero-order chi connectivity index (χ0) is 14.1. The summed E-state index contributed by atoms with van der Waals surface area (Å²) in [5.74, 6) is 0. The summed E-state index contributed by atoms with van der Waals surface area (Å²) in [6.45, 7) is 0.302. The van der Waals surface area contributed by atoms with E-state index in [9.17, 15) is 10.1 Å². The van der Waals surface area contributed by atoms with E-state index in [-0.39, 0.29) is 10.6 Å². The summed E-state index contributed by atoms with van der Waals surface area (Å²) in [4.78, 5) is 14.1. The molecule has 0 spiro atoms. The number of fused-ring (bicyclic) bond motifs is 1. The number of hydrogen-bond acceptors (Lipinski definition) is 3. The lowest BCUT2D eigenvalue weighted by atomic mass is 10.00. The predicted molar refractivity (Wildman–Crippen MR) is 78.3 cm³/mol. The molecule has 0 aliphatic carbocycles. The number of nitrogens with two attached hydrogens (primary N) is 1. The highest BCUT2D eigenvalue weighted by Gasteiger charge is 2.20. The maximum absolute atomic E-state index is 11.2. The minimum absolute atomic E-state index is 0.0898. The third kappa shape index (κ3) is 1.85. The Labute approximate surface area is 115 Å². The molecule has 0 amide bonds. The molecule has 20 heavy (non-hydrogen) atoms. The standard InChI is InChI=1S/C15H13N3O2/c16-9-13-15(10-5-1-3-7-12(10)17-13)11-6-2-4-8-14(11)18(19)20/h1-8,17H,9,16H2. The number of rotatable bonds is 3. The fourth-order valence-electron chi connectivity index (χ4n) is 2.50. The Hall–Kier alpha value is -2.66. The van der Waals surface area contributed by atoms with E-state index in [1.54, 1.807) is 18.2 Å². The van der Waals surface area contributed by atoms with Gasteiger partial charge in [-0.15, -0.1) is 0 Å². The van der Waals surface area contributed by atoms with Crippen molar-refractivity contribution >= 4 is 16.6 Å². The average Bonchev–Trinajstić information content (AvgIpc) is 2.85. The fraction of sp³-hybridized carbons (Fsp3) is 0.0667. The molecule has 0 atom stereocenters. The second-order valence-electron chi connectivity index (χ2n) is 4.50. The molecule has 3 rings (SSSR count). The van der Waals surface area contributed by atoms with Crippen LogP contribution in [0, 0.1) is 10.1 Å². The second-order valence-corrected chi connectivity index (χ2v) is 4.50. The Morgan fingerprint density at radius 3 is 2.55 bits per heavy atom. The van der Waals surface area contributed by atoms with Gasteiger partial charge in [0.25, 0.3) is 5.69 Å². The van der Waals surface area contributed by atoms with Crippen LogP contribution in [-0.4, -0.2) is 9.91 Å². The molecule has 2 aromatic carbocycles. The van der Waals surface area contributed by atoms with Gasteiger partial charge in [-0.3, -0.25) is 10.1 Å². The van der Waals surface area contributed by atoms with Crippen molar-refractivity contribution < 1.29 is 4.92 Å². The average molecular weight is 267 g/mol. The summed E-state index contributed by atoms with van der Waals surface area (Å²) < 4.78 is 0. The van der Waals surface area contributed by atoms with Crippen LogP contribution in [0.25, 0.3) is 22.0 Å². The Balaban J connectivity index is 2.37. The van der Waals surface area contributed by atoms with E-state index in [0.717, 1.165) is 22.2 Å². The summed E-state index contributed by atoms with van der Waals surface area (Å²) in [6, 6.07) is 14.4. The molecule has 0 fully saturated rings. The van der Waals surface area contributed by atoms with Crippen LogP contribution in [0.3, 0.4) is 0 Å². The molecular weight excluding hydrogens is 254 g/mol. The van der Waals surface area contributed by atoms with Gasteiger partial charge in [0.2, 0.25) is 0 Å². The summed E-state index contributed by atoms with van der Waals surface area (Å²) in [7, 11) is 0. The predicted octanol–water partition coefficient (Wildman–Crippen LogP) is 3.20. The largest absolute Gasteiger partial charge is 0.357 e. The molecule has 100 valence electrons. The monoisotopic (exact) mass is 267 g/mol. The molecule has 0 radical (unpaired) electrons. The van der Waals surface area contributed by atoms with Crippen LogP contribution in [0.15, 0.2) is 48.5 Å². The summed E-state index contributed by atoms with van der Waals surface area (Å²) in [6.07, 6.45) is 0. The molecule has 0 saturated heterocycles. The van der Waals surface area contributed by atoms with Crippen molar-refractivity contribution in [2.45, 2.75) is 6.54 Å². The number of aromatic amines is 1. The van der Waals surface area contributed by atoms with E-state index in [1.807, 2.05) is 24.3 Å². The molecular formula is C15H13N3O2. The van der Waals surface area contributed by atoms with Gasteiger partial charge >= 0.3 is 0 Å². The van der Waals surface area contributed by atoms with Gasteiger partial charge in [0, 0.05) is 34.8 Å². The number of H-pyrrole nitrogens is 1. The van der Waals surface area contributed by atoms with Gasteiger partial charge in [-0.2, -0.15) is 0 Å². The number of nitro benzene ring substituents is 1. The van der Waals surface area contributed by atoms with E-state index in [0.29, 0.717) is 12.1 Å². The summed E-state index contributed by atoms with van der Waals surface area (Å²) in [5.41, 5.74) is 9.01. The molecule has 3 aromatic rings. The van der Waals surface area contributed by atoms with E-state index >= 15 is 0 Å². The Kier molecular flexibility index (Phi) is 2.96. The Bertz CT molecular complexity index is 793. The number of nitro groups is 1. The van der Waals surface area contributed by atoms with Crippen molar-refractivity contribution in [1.82, 2.24) is 4.98 Å². The maximum Gasteiger partial charge on any atom is 0.277 e. The molecule has 5 heteroatoms. The minimum atomic E-state index is -0.364. The van der Waals surface area contributed by atoms with Crippen LogP contribution < -0.4 is 5.73 Å². The highest BCUT2D eigenvalue weighted by Crippen LogP contribution is 2.37. The van der Waals surface area contributed by atoms with E-state index in [4.69, 9.17) is 5.73 Å². The van der Waals surface area contributed by atoms with Crippen molar-refractivity contribution in [3.8, 4) is 11.1 Å². The number of aromatic nitrogens is 1. The number of nitrogens with one attached hydrogen (secondary N) is 1. The lowest BCUT2D eigenvalue weighted by Crippen LogP contribution is -1.99. The zero-order valence-corrected chi connectivity index (χ0v) is 10.7. The SMILES string of the molecule is NCc1[nH]c2ccccc2c1-c1ccccc1[N+](=O)[O-]. The van der Waals surface area contributed by atoms with Crippen LogP contribution >= 0.6 is 0 Å². The normalized spacial score (nSPS) is 10.8. The van der Waals surface area contributed by atoms with E-state index in [2.05, 4.69) is 4.98 Å². The van der Waals surface area contributed by atoms with Crippen molar-refractivity contribution in [1.29, 1.82) is 0 Å². The zero-order valence-electron chi connectivity index (χ0n) is 10.7. The first-order chi connectivity index (χ1) is 9.72. The van der Waals surface area contributed by atoms with Gasteiger partial charge in [-0.05, 0) is 12.1 Å². The fourth-order valence-corrected chi connectivity index (χ4v) is 2.50. The number of nitrogens with zero attached hydrogens (tertiary/aromatic N) is 1. The van der Waals surface area contributed by atoms with Crippen LogP contribution in [0.1, 0.15) is 5.69 Å². The van der Waals surface area contributed by atoms with Crippen LogP contribution in [0.2, 0.25) is 0 Å². The van der Waals surface area contributed by atoms with Crippen molar-refractivity contribution in [2.75, 3.05) is 0 Å². The second kappa shape index (κ2) is 4.79. The van der Waals surface area contributed by atoms with Gasteiger partial charge in [0.15, 0.2) is 0 Å². The van der Waals surface area contributed by atoms with Crippen molar-refractivity contribution in [2.24, 2.45) is 5.73 Å². The molecule has 5 nitrogen and oxygen atoms in total. The lowest BCUT2D eigenvalue weighted by Gasteiger charge is -2.04. The van der Waals surface area contributed by atoms with Crippen molar-refractivity contribution in [3.05, 3.63) is 64.3 Å². The molecule has 0 aliphatic heterocycles. The van der Waals surface area contributed by atoms with Gasteiger partial charge in [0.1, 0.15) is 0 Å². The van der Waals surface area contributed by atoms with Crippen molar-refractivity contribution in [3.63, 3.8) is 0 Å². The van der Waals surface area contributed by atoms with Gasteiger partial charge in [-0.1, -0.05) is 30.3 Å². The Morgan fingerprint density at radius 1 is 1.10 bits per heavy atom. The molecule has 0 saturated carbocycles. The topological polar surface area (TPSA) is 85.0 Å². The lowest BCUT2D eigenvalue weighted by molar-refractivity contribution is -0.384. The Morgan fingerprint density at radius 2 is 1.80 bits per heavy atom. The van der Waals surface area contributed by atoms with Crippen LogP contribution in [0.4, 0.5) is 5.69 Å². The van der Waals surface area contributed by atoms with E-state index < -0.39 is 0 Å². The first-order valence-electron chi connectivity index (χ1n) is 6.26. The quantitative estimate of drug-likeness (QED) is 0.564. The number of hydrogen-bond donors (Lipinski definition) is 2. The van der Waals surface area contributed by atoms with Crippen LogP contribution in [0.5, 0.6) is 0 Å². The van der Waals surface area contributed by atoms with Gasteiger partial charge in [0.05, 0.1) is 10.5 Å². The molecule has 0 unspecified atom stereocenters. The van der Waals surface area contributed by atoms with Gasteiger partial charge in [-0.25, -0.2) is 0 Å². The molecule has 1 heterocycles. The summed E-state index contributed by atoms with van der Waals surface area (Å²) in [5, 5.41) is 12.2. The van der Waals surface area contributed by atoms with Crippen LogP contribution in [-0.2, 0) is 6.54 Å². The molecule has 3 N–H and O–H groups in total. The number of para-hydroxylation sites is 2. The van der Waals surface area contributed by atoms with Gasteiger partial charge < -0.3 is 10.7 Å². The minimum Gasteiger partial charge on any atom is -0.357 e. The third-order valence-corrected chi connectivity index (χ3v) is 3.36. The smallest absolute Gasteiger partial charge is 0.277 e. The number of benzene rings is 2. The highest BCUT2D eigenvalue weighted by atomic mass is 16.6. The first kappa shape index (κ1) is 12.4. The summed E-state index contributed by atoms with van der Waals surface area (Å²) >= 11 is 0. The van der Waals surface area contributed by atoms with E-state index in [1.165, 1.54) is 6.07 Å².